The van der Waals surface area contributed by atoms with Crippen LogP contribution in [0.3, 0.4) is 0 Å². The molecule has 114 valence electrons. The molecule has 0 spiro atoms. The Labute approximate surface area is 128 Å². The van der Waals surface area contributed by atoms with Crippen molar-refractivity contribution < 1.29 is 4.92 Å². The number of nitro groups is 1. The number of fused-ring (bicyclic) bond motifs is 3. The smallest absolute Gasteiger partial charge is 0.316 e. The second kappa shape index (κ2) is 5.38. The zero-order chi connectivity index (χ0) is 16.6. The molecular weight excluding hydrogens is 300 g/mol. The number of nitro benzene ring substituents is 1. The molecular formula is C15H10N4O4. The molecule has 0 amide bonds. The highest BCUT2D eigenvalue weighted by molar-refractivity contribution is 6.08. The van der Waals surface area contributed by atoms with E-state index in [1.807, 2.05) is 6.07 Å². The zero-order valence-corrected chi connectivity index (χ0v) is 11.8. The fourth-order valence-electron chi connectivity index (χ4n) is 2.65. The molecule has 8 heteroatoms. The van der Waals surface area contributed by atoms with Crippen LogP contribution in [0.15, 0.2) is 39.9 Å². The minimum atomic E-state index is -0.875. The molecule has 3 aromatic rings. The van der Waals surface area contributed by atoms with Crippen LogP contribution in [0.2, 0.25) is 0 Å². The van der Waals surface area contributed by atoms with E-state index >= 15 is 0 Å². The fraction of sp³-hybridized carbons (Fsp3) is 0.133. The SMILES string of the molecule is N#CCCn1c(=O)c(=O)[nH]c2cc([N+](=O)[O-])c3ccccc3c21. The van der Waals surface area contributed by atoms with Gasteiger partial charge in [-0.2, -0.15) is 5.26 Å². The average molecular weight is 310 g/mol. The largest absolute Gasteiger partial charge is 0.316 e. The molecule has 0 unspecified atom stereocenters. The Morgan fingerprint density at radius 1 is 1.26 bits per heavy atom. The topological polar surface area (TPSA) is 122 Å². The number of hydrogen-bond acceptors (Lipinski definition) is 5. The van der Waals surface area contributed by atoms with Gasteiger partial charge in [-0.3, -0.25) is 19.7 Å². The summed E-state index contributed by atoms with van der Waals surface area (Å²) in [5.41, 5.74) is -1.25. The van der Waals surface area contributed by atoms with Crippen molar-refractivity contribution in [3.05, 3.63) is 61.2 Å². The molecule has 1 N–H and O–H groups in total. The number of hydrogen-bond donors (Lipinski definition) is 1. The lowest BCUT2D eigenvalue weighted by atomic mass is 10.1. The van der Waals surface area contributed by atoms with Crippen molar-refractivity contribution in [2.75, 3.05) is 0 Å². The fourth-order valence-corrected chi connectivity index (χ4v) is 2.65. The Bertz CT molecular complexity index is 1100. The first-order valence-electron chi connectivity index (χ1n) is 6.74. The molecule has 23 heavy (non-hydrogen) atoms. The highest BCUT2D eigenvalue weighted by atomic mass is 16.6. The Kier molecular flexibility index (Phi) is 3.38. The maximum atomic E-state index is 12.1. The van der Waals surface area contributed by atoms with Crippen LogP contribution in [0.1, 0.15) is 6.42 Å². The third kappa shape index (κ3) is 2.24. The second-order valence-corrected chi connectivity index (χ2v) is 4.91. The van der Waals surface area contributed by atoms with Crippen molar-refractivity contribution in [1.29, 1.82) is 5.26 Å². The summed E-state index contributed by atoms with van der Waals surface area (Å²) < 4.78 is 1.20. The predicted octanol–water partition coefficient (Wildman–Crippen LogP) is 1.66. The van der Waals surface area contributed by atoms with Gasteiger partial charge in [-0.15, -0.1) is 0 Å². The number of non-ortho nitro benzene ring substituents is 1. The van der Waals surface area contributed by atoms with E-state index in [9.17, 15) is 19.7 Å². The zero-order valence-electron chi connectivity index (χ0n) is 11.8. The van der Waals surface area contributed by atoms with Gasteiger partial charge in [-0.1, -0.05) is 18.2 Å². The molecule has 2 aromatic carbocycles. The number of benzene rings is 2. The highest BCUT2D eigenvalue weighted by Gasteiger charge is 2.18. The predicted molar refractivity (Wildman–Crippen MR) is 83.2 cm³/mol. The van der Waals surface area contributed by atoms with Crippen LogP contribution in [0, 0.1) is 21.4 Å². The van der Waals surface area contributed by atoms with E-state index in [-0.39, 0.29) is 24.2 Å². The van der Waals surface area contributed by atoms with E-state index in [1.165, 1.54) is 10.6 Å². The van der Waals surface area contributed by atoms with Crippen LogP contribution in [0.25, 0.3) is 21.8 Å². The van der Waals surface area contributed by atoms with Crippen LogP contribution in [0.5, 0.6) is 0 Å². The summed E-state index contributed by atoms with van der Waals surface area (Å²) in [5.74, 6) is 0. The van der Waals surface area contributed by atoms with Crippen LogP contribution >= 0.6 is 0 Å². The molecule has 0 aliphatic carbocycles. The van der Waals surface area contributed by atoms with Crippen molar-refractivity contribution in [2.45, 2.75) is 13.0 Å². The average Bonchev–Trinajstić information content (AvgIpc) is 2.54. The number of rotatable bonds is 3. The van der Waals surface area contributed by atoms with Crippen LogP contribution in [-0.2, 0) is 6.54 Å². The number of aromatic amines is 1. The number of aromatic nitrogens is 2. The van der Waals surface area contributed by atoms with Crippen molar-refractivity contribution in [2.24, 2.45) is 0 Å². The molecule has 0 radical (unpaired) electrons. The molecule has 3 rings (SSSR count). The van der Waals surface area contributed by atoms with E-state index in [4.69, 9.17) is 5.26 Å². The lowest BCUT2D eigenvalue weighted by molar-refractivity contribution is -0.382. The van der Waals surface area contributed by atoms with Gasteiger partial charge in [-0.25, -0.2) is 0 Å². The van der Waals surface area contributed by atoms with Crippen LogP contribution in [0.4, 0.5) is 5.69 Å². The van der Waals surface area contributed by atoms with Gasteiger partial charge in [0, 0.05) is 18.0 Å². The summed E-state index contributed by atoms with van der Waals surface area (Å²) in [5, 5.41) is 20.9. The van der Waals surface area contributed by atoms with Gasteiger partial charge in [0.25, 0.3) is 5.69 Å². The monoisotopic (exact) mass is 310 g/mol. The van der Waals surface area contributed by atoms with Gasteiger partial charge in [0.05, 0.1) is 33.8 Å². The molecule has 0 aliphatic rings. The van der Waals surface area contributed by atoms with Crippen molar-refractivity contribution in [3.63, 3.8) is 0 Å². The van der Waals surface area contributed by atoms with E-state index in [0.29, 0.717) is 16.3 Å². The minimum absolute atomic E-state index is 0.0392. The maximum absolute atomic E-state index is 12.1. The number of nitrogens with zero attached hydrogens (tertiary/aromatic N) is 3. The second-order valence-electron chi connectivity index (χ2n) is 4.91. The lowest BCUT2D eigenvalue weighted by Crippen LogP contribution is -2.36. The van der Waals surface area contributed by atoms with E-state index in [2.05, 4.69) is 4.98 Å². The molecule has 0 aliphatic heterocycles. The van der Waals surface area contributed by atoms with Crippen molar-refractivity contribution >= 4 is 27.5 Å². The third-order valence-corrected chi connectivity index (χ3v) is 3.60. The summed E-state index contributed by atoms with van der Waals surface area (Å²) in [6.45, 7) is 0.0392. The Balaban J connectivity index is 2.58. The highest BCUT2D eigenvalue weighted by Crippen LogP contribution is 2.31. The first-order valence-corrected chi connectivity index (χ1v) is 6.74. The molecule has 0 atom stereocenters. The maximum Gasteiger partial charge on any atom is 0.316 e. The van der Waals surface area contributed by atoms with Crippen LogP contribution in [-0.4, -0.2) is 14.5 Å². The number of H-pyrrole nitrogens is 1. The first kappa shape index (κ1) is 14.5. The van der Waals surface area contributed by atoms with Gasteiger partial charge < -0.3 is 9.55 Å². The molecule has 0 saturated carbocycles. The summed E-state index contributed by atoms with van der Waals surface area (Å²) in [6.07, 6.45) is 0.0454. The van der Waals surface area contributed by atoms with E-state index in [0.717, 1.165) is 0 Å². The standard InChI is InChI=1S/C15H10N4O4/c16-6-3-7-18-13-10-5-2-1-4-9(10)12(19(22)23)8-11(13)17-14(20)15(18)21/h1-2,4-5,8H,3,7H2,(H,17,20). The van der Waals surface area contributed by atoms with Gasteiger partial charge in [0.2, 0.25) is 0 Å². The minimum Gasteiger partial charge on any atom is -0.316 e. The number of aryl methyl sites for hydroxylation is 1. The Hall–Kier alpha value is -3.47. The molecule has 0 saturated heterocycles. The molecule has 0 fully saturated rings. The van der Waals surface area contributed by atoms with Gasteiger partial charge in [0.1, 0.15) is 0 Å². The molecule has 1 aromatic heterocycles. The number of nitriles is 1. The van der Waals surface area contributed by atoms with E-state index < -0.39 is 16.0 Å². The Morgan fingerprint density at radius 3 is 2.61 bits per heavy atom. The van der Waals surface area contributed by atoms with Gasteiger partial charge in [-0.05, 0) is 6.07 Å². The third-order valence-electron chi connectivity index (χ3n) is 3.60. The quantitative estimate of drug-likeness (QED) is 0.341. The number of nitrogens with one attached hydrogen (secondary N) is 1. The molecule has 0 bridgehead atoms. The summed E-state index contributed by atoms with van der Waals surface area (Å²) in [4.78, 5) is 37.0. The van der Waals surface area contributed by atoms with E-state index in [1.54, 1.807) is 24.3 Å². The first-order chi connectivity index (χ1) is 11.0. The van der Waals surface area contributed by atoms with Crippen molar-refractivity contribution in [1.82, 2.24) is 9.55 Å². The normalized spacial score (nSPS) is 10.7. The van der Waals surface area contributed by atoms with Crippen molar-refractivity contribution in [3.8, 4) is 6.07 Å². The molecule has 1 heterocycles. The lowest BCUT2D eigenvalue weighted by Gasteiger charge is -2.11. The van der Waals surface area contributed by atoms with Gasteiger partial charge in [0.15, 0.2) is 0 Å². The van der Waals surface area contributed by atoms with Gasteiger partial charge >= 0.3 is 11.1 Å². The summed E-state index contributed by atoms with van der Waals surface area (Å²) >= 11 is 0. The van der Waals surface area contributed by atoms with Crippen LogP contribution < -0.4 is 11.1 Å². The molecule has 8 nitrogen and oxygen atoms in total. The summed E-state index contributed by atoms with van der Waals surface area (Å²) in [7, 11) is 0. The Morgan fingerprint density at radius 2 is 1.96 bits per heavy atom. The summed E-state index contributed by atoms with van der Waals surface area (Å²) in [6, 6.07) is 9.73.